The zero-order valence-corrected chi connectivity index (χ0v) is 14.4. The smallest absolute Gasteiger partial charge is 0.131 e. The molecule has 0 amide bonds. The van der Waals surface area contributed by atoms with Gasteiger partial charge in [-0.05, 0) is 11.8 Å². The Bertz CT molecular complexity index is 480. The highest BCUT2D eigenvalue weighted by molar-refractivity contribution is 5.50. The van der Waals surface area contributed by atoms with Gasteiger partial charge in [0, 0.05) is 31.6 Å². The van der Waals surface area contributed by atoms with Gasteiger partial charge in [-0.2, -0.15) is 0 Å². The maximum atomic E-state index is 4.82. The Morgan fingerprint density at radius 2 is 2.00 bits per heavy atom. The van der Waals surface area contributed by atoms with Crippen molar-refractivity contribution in [2.45, 2.75) is 66.5 Å². The molecule has 4 nitrogen and oxygen atoms in total. The fraction of sp³-hybridized carbons (Fsp3) is 0.765. The summed E-state index contributed by atoms with van der Waals surface area (Å²) in [4.78, 5) is 11.8. The first kappa shape index (κ1) is 16.2. The van der Waals surface area contributed by atoms with Gasteiger partial charge in [0.1, 0.15) is 5.82 Å². The number of anilines is 1. The molecule has 2 rings (SSSR count). The van der Waals surface area contributed by atoms with E-state index in [1.807, 2.05) is 6.20 Å². The first-order valence-corrected chi connectivity index (χ1v) is 8.12. The minimum Gasteiger partial charge on any atom is -0.368 e. The van der Waals surface area contributed by atoms with Crippen molar-refractivity contribution >= 4 is 5.69 Å². The molecule has 21 heavy (non-hydrogen) atoms. The summed E-state index contributed by atoms with van der Waals surface area (Å²) in [6, 6.07) is 0.463. The summed E-state index contributed by atoms with van der Waals surface area (Å²) in [6.45, 7) is 16.3. The second-order valence-electron chi connectivity index (χ2n) is 7.59. The molecule has 0 spiro atoms. The SMILES string of the molecule is CC(C)NCc1nc(C(C)C)ncc1N1CCC(C)(C)C1. The lowest BCUT2D eigenvalue weighted by molar-refractivity contribution is 0.418. The van der Waals surface area contributed by atoms with Crippen LogP contribution in [0.15, 0.2) is 6.20 Å². The summed E-state index contributed by atoms with van der Waals surface area (Å²) in [6.07, 6.45) is 3.26. The van der Waals surface area contributed by atoms with Gasteiger partial charge in [0.25, 0.3) is 0 Å². The molecule has 1 saturated heterocycles. The normalized spacial score (nSPS) is 18.0. The van der Waals surface area contributed by atoms with Crippen LogP contribution < -0.4 is 10.2 Å². The maximum absolute atomic E-state index is 4.82. The molecule has 0 aliphatic carbocycles. The average molecular weight is 290 g/mol. The third-order valence-electron chi connectivity index (χ3n) is 4.08. The zero-order valence-electron chi connectivity index (χ0n) is 14.4. The Kier molecular flexibility index (Phi) is 4.87. The molecule has 0 aromatic carbocycles. The largest absolute Gasteiger partial charge is 0.368 e. The van der Waals surface area contributed by atoms with Crippen LogP contribution in [-0.2, 0) is 6.54 Å². The summed E-state index contributed by atoms with van der Waals surface area (Å²) in [5, 5.41) is 3.50. The molecule has 1 aromatic heterocycles. The van der Waals surface area contributed by atoms with Crippen molar-refractivity contribution < 1.29 is 0 Å². The molecule has 2 heterocycles. The predicted octanol–water partition coefficient (Wildman–Crippen LogP) is 3.33. The summed E-state index contributed by atoms with van der Waals surface area (Å²) in [7, 11) is 0. The molecule has 1 N–H and O–H groups in total. The van der Waals surface area contributed by atoms with Gasteiger partial charge < -0.3 is 10.2 Å². The number of nitrogens with zero attached hydrogens (tertiary/aromatic N) is 3. The number of hydrogen-bond donors (Lipinski definition) is 1. The van der Waals surface area contributed by atoms with E-state index < -0.39 is 0 Å². The second-order valence-corrected chi connectivity index (χ2v) is 7.59. The van der Waals surface area contributed by atoms with Crippen LogP contribution in [0.5, 0.6) is 0 Å². The topological polar surface area (TPSA) is 41.1 Å². The van der Waals surface area contributed by atoms with Crippen molar-refractivity contribution in [3.8, 4) is 0 Å². The molecule has 118 valence electrons. The Hall–Kier alpha value is -1.16. The van der Waals surface area contributed by atoms with E-state index in [9.17, 15) is 0 Å². The molecule has 0 radical (unpaired) electrons. The fourth-order valence-corrected chi connectivity index (χ4v) is 2.72. The minimum atomic E-state index is 0.367. The summed E-state index contributed by atoms with van der Waals surface area (Å²) >= 11 is 0. The standard InChI is InChI=1S/C17H30N4/c1-12(2)16-19-10-15(14(20-16)9-18-13(3)4)21-8-7-17(5,6)11-21/h10,12-13,18H,7-9,11H2,1-6H3. The molecule has 0 saturated carbocycles. The number of aromatic nitrogens is 2. The maximum Gasteiger partial charge on any atom is 0.131 e. The van der Waals surface area contributed by atoms with Gasteiger partial charge >= 0.3 is 0 Å². The summed E-state index contributed by atoms with van der Waals surface area (Å²) in [5.41, 5.74) is 2.73. The van der Waals surface area contributed by atoms with Crippen LogP contribution in [0.25, 0.3) is 0 Å². The van der Waals surface area contributed by atoms with Crippen LogP contribution in [0.3, 0.4) is 0 Å². The van der Waals surface area contributed by atoms with Crippen molar-refractivity contribution in [3.63, 3.8) is 0 Å². The lowest BCUT2D eigenvalue weighted by atomic mass is 9.93. The molecule has 0 bridgehead atoms. The Labute approximate surface area is 129 Å². The average Bonchev–Trinajstić information content (AvgIpc) is 2.76. The first-order valence-electron chi connectivity index (χ1n) is 8.12. The van der Waals surface area contributed by atoms with Gasteiger partial charge in [-0.15, -0.1) is 0 Å². The highest BCUT2D eigenvalue weighted by atomic mass is 15.2. The van der Waals surface area contributed by atoms with Crippen LogP contribution in [0, 0.1) is 5.41 Å². The van der Waals surface area contributed by atoms with Gasteiger partial charge in [-0.3, -0.25) is 0 Å². The fourth-order valence-electron chi connectivity index (χ4n) is 2.72. The third kappa shape index (κ3) is 4.16. The van der Waals surface area contributed by atoms with E-state index in [1.54, 1.807) is 0 Å². The van der Waals surface area contributed by atoms with Crippen LogP contribution in [0.1, 0.15) is 65.4 Å². The lowest BCUT2D eigenvalue weighted by Crippen LogP contribution is -2.28. The Morgan fingerprint density at radius 1 is 1.29 bits per heavy atom. The predicted molar refractivity (Wildman–Crippen MR) is 88.7 cm³/mol. The molecule has 1 fully saturated rings. The van der Waals surface area contributed by atoms with Crippen molar-refractivity contribution in [1.29, 1.82) is 0 Å². The van der Waals surface area contributed by atoms with E-state index in [1.165, 1.54) is 12.1 Å². The number of nitrogens with one attached hydrogen (secondary N) is 1. The zero-order chi connectivity index (χ0) is 15.6. The summed E-state index contributed by atoms with van der Waals surface area (Å²) < 4.78 is 0. The van der Waals surface area contributed by atoms with E-state index >= 15 is 0 Å². The van der Waals surface area contributed by atoms with Crippen LogP contribution >= 0.6 is 0 Å². The van der Waals surface area contributed by atoms with E-state index in [-0.39, 0.29) is 0 Å². The molecule has 0 atom stereocenters. The number of rotatable bonds is 5. The van der Waals surface area contributed by atoms with Gasteiger partial charge in [-0.1, -0.05) is 41.5 Å². The highest BCUT2D eigenvalue weighted by Gasteiger charge is 2.30. The van der Waals surface area contributed by atoms with Gasteiger partial charge in [0.2, 0.25) is 0 Å². The molecule has 0 unspecified atom stereocenters. The van der Waals surface area contributed by atoms with Crippen LogP contribution in [-0.4, -0.2) is 29.1 Å². The van der Waals surface area contributed by atoms with E-state index in [0.29, 0.717) is 17.4 Å². The lowest BCUT2D eigenvalue weighted by Gasteiger charge is -2.24. The second kappa shape index (κ2) is 6.30. The molecule has 1 aliphatic heterocycles. The molecule has 4 heteroatoms. The first-order chi connectivity index (χ1) is 9.78. The van der Waals surface area contributed by atoms with Gasteiger partial charge in [0.15, 0.2) is 0 Å². The monoisotopic (exact) mass is 290 g/mol. The van der Waals surface area contributed by atoms with Gasteiger partial charge in [-0.25, -0.2) is 9.97 Å². The van der Waals surface area contributed by atoms with Crippen molar-refractivity contribution in [3.05, 3.63) is 17.7 Å². The molecular weight excluding hydrogens is 260 g/mol. The van der Waals surface area contributed by atoms with Crippen molar-refractivity contribution in [2.75, 3.05) is 18.0 Å². The molecule has 1 aromatic rings. The van der Waals surface area contributed by atoms with Crippen LogP contribution in [0.2, 0.25) is 0 Å². The van der Waals surface area contributed by atoms with Crippen molar-refractivity contribution in [1.82, 2.24) is 15.3 Å². The van der Waals surface area contributed by atoms with E-state index in [2.05, 4.69) is 56.7 Å². The summed E-state index contributed by atoms with van der Waals surface area (Å²) in [5.74, 6) is 1.31. The number of hydrogen-bond acceptors (Lipinski definition) is 4. The van der Waals surface area contributed by atoms with Crippen LogP contribution in [0.4, 0.5) is 5.69 Å². The minimum absolute atomic E-state index is 0.367. The van der Waals surface area contributed by atoms with E-state index in [4.69, 9.17) is 4.98 Å². The molecular formula is C17H30N4. The third-order valence-corrected chi connectivity index (χ3v) is 4.08. The Balaban J connectivity index is 2.26. The highest BCUT2D eigenvalue weighted by Crippen LogP contribution is 2.33. The quantitative estimate of drug-likeness (QED) is 0.903. The Morgan fingerprint density at radius 3 is 2.52 bits per heavy atom. The van der Waals surface area contributed by atoms with E-state index in [0.717, 1.165) is 31.2 Å². The van der Waals surface area contributed by atoms with Gasteiger partial charge in [0.05, 0.1) is 17.6 Å². The molecule has 1 aliphatic rings. The van der Waals surface area contributed by atoms with Crippen molar-refractivity contribution in [2.24, 2.45) is 5.41 Å².